The van der Waals surface area contributed by atoms with Gasteiger partial charge in [-0.15, -0.1) is 0 Å². The molecule has 1 aliphatic rings. The van der Waals surface area contributed by atoms with E-state index in [1.54, 1.807) is 24.5 Å². The number of aliphatic hydroxyl groups is 1. The first-order valence-corrected chi connectivity index (χ1v) is 7.72. The maximum absolute atomic E-state index is 10.1. The van der Waals surface area contributed by atoms with Gasteiger partial charge in [0.1, 0.15) is 17.0 Å². The summed E-state index contributed by atoms with van der Waals surface area (Å²) >= 11 is 0. The van der Waals surface area contributed by atoms with Crippen molar-refractivity contribution < 1.29 is 10.2 Å². The summed E-state index contributed by atoms with van der Waals surface area (Å²) in [6.07, 6.45) is 8.61. The number of hydrogen-bond donors (Lipinski definition) is 2. The van der Waals surface area contributed by atoms with Crippen molar-refractivity contribution in [2.45, 2.75) is 12.8 Å². The molecule has 0 aliphatic heterocycles. The summed E-state index contributed by atoms with van der Waals surface area (Å²) in [5.41, 5.74) is 3.46. The number of para-hydroxylation sites is 1. The van der Waals surface area contributed by atoms with Crippen LogP contribution in [-0.2, 0) is 0 Å². The number of phenols is 1. The van der Waals surface area contributed by atoms with Crippen molar-refractivity contribution in [1.82, 2.24) is 15.0 Å². The highest BCUT2D eigenvalue weighted by atomic mass is 16.3. The lowest BCUT2D eigenvalue weighted by atomic mass is 10.0. The Bertz CT molecular complexity index is 993. The van der Waals surface area contributed by atoms with Gasteiger partial charge in [-0.3, -0.25) is 4.98 Å². The Kier molecular flexibility index (Phi) is 3.46. The quantitative estimate of drug-likeness (QED) is 0.746. The Hall–Kier alpha value is -3.21. The second-order valence-electron chi connectivity index (χ2n) is 5.64. The predicted molar refractivity (Wildman–Crippen MR) is 92.4 cm³/mol. The van der Waals surface area contributed by atoms with Crippen LogP contribution in [-0.4, -0.2) is 25.2 Å². The van der Waals surface area contributed by atoms with Crippen molar-refractivity contribution in [2.24, 2.45) is 0 Å². The molecule has 1 aliphatic carbocycles. The van der Waals surface area contributed by atoms with E-state index in [0.29, 0.717) is 40.2 Å². The number of nitrogens with zero attached hydrogens (tertiary/aromatic N) is 3. The molecule has 2 heterocycles. The van der Waals surface area contributed by atoms with Crippen molar-refractivity contribution in [2.75, 3.05) is 0 Å². The van der Waals surface area contributed by atoms with E-state index in [-0.39, 0.29) is 5.75 Å². The van der Waals surface area contributed by atoms with Crippen LogP contribution in [0.15, 0.2) is 60.6 Å². The van der Waals surface area contributed by atoms with Crippen molar-refractivity contribution in [3.63, 3.8) is 0 Å². The number of pyridine rings is 1. The molecule has 0 amide bonds. The molecule has 3 aromatic rings. The van der Waals surface area contributed by atoms with E-state index >= 15 is 0 Å². The molecule has 24 heavy (non-hydrogen) atoms. The molecule has 0 unspecified atom stereocenters. The number of rotatable bonds is 2. The number of aromatic hydroxyl groups is 1. The summed E-state index contributed by atoms with van der Waals surface area (Å²) in [4.78, 5) is 13.2. The molecule has 1 aromatic carbocycles. The van der Waals surface area contributed by atoms with Crippen LogP contribution in [0.1, 0.15) is 18.7 Å². The van der Waals surface area contributed by atoms with Gasteiger partial charge in [0, 0.05) is 23.7 Å². The Morgan fingerprint density at radius 2 is 1.83 bits per heavy atom. The molecule has 0 atom stereocenters. The van der Waals surface area contributed by atoms with E-state index in [4.69, 9.17) is 0 Å². The molecule has 2 N–H and O–H groups in total. The molecular weight excluding hydrogens is 302 g/mol. The van der Waals surface area contributed by atoms with Gasteiger partial charge in [0.15, 0.2) is 5.82 Å². The second-order valence-corrected chi connectivity index (χ2v) is 5.64. The Balaban J connectivity index is 1.84. The van der Waals surface area contributed by atoms with E-state index in [1.165, 1.54) is 0 Å². The Morgan fingerprint density at radius 3 is 2.67 bits per heavy atom. The fourth-order valence-electron chi connectivity index (χ4n) is 2.77. The maximum atomic E-state index is 10.1. The minimum atomic E-state index is 0.198. The molecule has 118 valence electrons. The summed E-state index contributed by atoms with van der Waals surface area (Å²) < 4.78 is 0. The second kappa shape index (κ2) is 5.77. The first-order valence-electron chi connectivity index (χ1n) is 7.72. The van der Waals surface area contributed by atoms with Crippen LogP contribution in [0.4, 0.5) is 0 Å². The molecule has 0 radical (unpaired) electrons. The van der Waals surface area contributed by atoms with Crippen molar-refractivity contribution in [3.8, 4) is 16.9 Å². The number of fused-ring (bicyclic) bond motifs is 1. The number of phenolic OH excluding ortho intramolecular Hbond substituents is 1. The number of aromatic nitrogens is 3. The molecule has 5 nitrogen and oxygen atoms in total. The number of aliphatic hydroxyl groups excluding tert-OH is 1. The van der Waals surface area contributed by atoms with Crippen LogP contribution >= 0.6 is 0 Å². The normalized spacial score (nSPS) is 14.3. The molecule has 0 saturated heterocycles. The van der Waals surface area contributed by atoms with Crippen molar-refractivity contribution in [1.29, 1.82) is 0 Å². The lowest BCUT2D eigenvalue weighted by Gasteiger charge is -2.10. The van der Waals surface area contributed by atoms with Crippen molar-refractivity contribution in [3.05, 3.63) is 66.5 Å². The van der Waals surface area contributed by atoms with Crippen LogP contribution in [0.5, 0.6) is 5.75 Å². The van der Waals surface area contributed by atoms with Crippen molar-refractivity contribution >= 4 is 16.6 Å². The van der Waals surface area contributed by atoms with Gasteiger partial charge in [0.2, 0.25) is 0 Å². The van der Waals surface area contributed by atoms with E-state index in [9.17, 15) is 10.2 Å². The van der Waals surface area contributed by atoms with Crippen LogP contribution in [0.25, 0.3) is 27.7 Å². The maximum Gasteiger partial charge on any atom is 0.163 e. The van der Waals surface area contributed by atoms with Gasteiger partial charge in [-0.05, 0) is 18.6 Å². The molecule has 0 saturated carbocycles. The minimum absolute atomic E-state index is 0.198. The first kappa shape index (κ1) is 14.4. The predicted octanol–water partition coefficient (Wildman–Crippen LogP) is 4.02. The fourth-order valence-corrected chi connectivity index (χ4v) is 2.77. The van der Waals surface area contributed by atoms with E-state index in [1.807, 2.05) is 30.4 Å². The van der Waals surface area contributed by atoms with E-state index < -0.39 is 0 Å². The molecular formula is C19H15N3O2. The third kappa shape index (κ3) is 2.50. The minimum Gasteiger partial charge on any atom is -0.512 e. The fraction of sp³-hybridized carbons (Fsp3) is 0.105. The van der Waals surface area contributed by atoms with Gasteiger partial charge in [-0.25, -0.2) is 9.97 Å². The molecule has 4 rings (SSSR count). The number of benzene rings is 1. The van der Waals surface area contributed by atoms with Crippen LogP contribution in [0.2, 0.25) is 0 Å². The monoisotopic (exact) mass is 317 g/mol. The standard InChI is InChI=1S/C19H15N3O2/c23-17-7-3-1-5-13(17)12-9-15-16(20-10-12)11-21-19(22-15)14-6-2-4-8-18(14)24/h1-3,5-7,9-11,23-24H,4,8H2. The lowest BCUT2D eigenvalue weighted by molar-refractivity contribution is 0.391. The van der Waals surface area contributed by atoms with Crippen LogP contribution in [0, 0.1) is 0 Å². The van der Waals surface area contributed by atoms with E-state index in [0.717, 1.165) is 12.0 Å². The van der Waals surface area contributed by atoms with E-state index in [2.05, 4.69) is 15.0 Å². The molecule has 0 bridgehead atoms. The highest BCUT2D eigenvalue weighted by Crippen LogP contribution is 2.30. The molecule has 5 heteroatoms. The van der Waals surface area contributed by atoms with Gasteiger partial charge in [0.25, 0.3) is 0 Å². The third-order valence-electron chi connectivity index (χ3n) is 4.03. The van der Waals surface area contributed by atoms with Gasteiger partial charge in [-0.2, -0.15) is 0 Å². The highest BCUT2D eigenvalue weighted by Gasteiger charge is 2.13. The summed E-state index contributed by atoms with van der Waals surface area (Å²) in [7, 11) is 0. The molecule has 2 aromatic heterocycles. The van der Waals surface area contributed by atoms with Crippen LogP contribution in [0.3, 0.4) is 0 Å². The highest BCUT2D eigenvalue weighted by molar-refractivity contribution is 5.83. The average Bonchev–Trinajstić information content (AvgIpc) is 2.62. The summed E-state index contributed by atoms with van der Waals surface area (Å²) in [6.45, 7) is 0. The van der Waals surface area contributed by atoms with Gasteiger partial charge >= 0.3 is 0 Å². The third-order valence-corrected chi connectivity index (χ3v) is 4.03. The first-order chi connectivity index (χ1) is 11.7. The lowest BCUT2D eigenvalue weighted by Crippen LogP contribution is -2.00. The summed E-state index contributed by atoms with van der Waals surface area (Å²) in [5.74, 6) is 0.984. The molecule has 0 fully saturated rings. The Morgan fingerprint density at radius 1 is 0.958 bits per heavy atom. The Labute approximate surface area is 138 Å². The number of hydrogen-bond acceptors (Lipinski definition) is 5. The van der Waals surface area contributed by atoms with Crippen LogP contribution < -0.4 is 0 Å². The zero-order valence-electron chi connectivity index (χ0n) is 12.8. The zero-order valence-corrected chi connectivity index (χ0v) is 12.8. The number of allylic oxidation sites excluding steroid dienone is 4. The van der Waals surface area contributed by atoms with Gasteiger partial charge < -0.3 is 10.2 Å². The molecule has 0 spiro atoms. The largest absolute Gasteiger partial charge is 0.512 e. The average molecular weight is 317 g/mol. The SMILES string of the molecule is OC1=C(c2ncc3ncc(-c4ccccc4O)cc3n2)C=CCC1. The smallest absolute Gasteiger partial charge is 0.163 e. The topological polar surface area (TPSA) is 79.1 Å². The summed E-state index contributed by atoms with van der Waals surface area (Å²) in [6, 6.07) is 8.98. The van der Waals surface area contributed by atoms with Gasteiger partial charge in [-0.1, -0.05) is 30.4 Å². The van der Waals surface area contributed by atoms with Gasteiger partial charge in [0.05, 0.1) is 17.3 Å². The summed E-state index contributed by atoms with van der Waals surface area (Å²) in [5, 5.41) is 20.1. The zero-order chi connectivity index (χ0) is 16.5.